The average Bonchev–Trinajstić information content (AvgIpc) is 2.90. The first kappa shape index (κ1) is 15.3. The topological polar surface area (TPSA) is 42.3 Å². The predicted octanol–water partition coefficient (Wildman–Crippen LogP) is 2.06. The molecule has 0 unspecified atom stereocenters. The van der Waals surface area contributed by atoms with Gasteiger partial charge in [-0.1, -0.05) is 0 Å². The standard InChI is InChI=1S/C15H28N4O/c1-18-9-4-14(5-10-18)6-11-19-12-8-17-15(19)16-7-3-13-20-2/h8,12,14H,3-7,9-11,13H2,1-2H3,(H,16,17). The van der Waals surface area contributed by atoms with Crippen LogP contribution in [0.15, 0.2) is 12.4 Å². The molecule has 0 amide bonds. The molecule has 5 heteroatoms. The largest absolute Gasteiger partial charge is 0.385 e. The molecule has 1 fully saturated rings. The van der Waals surface area contributed by atoms with Gasteiger partial charge in [-0.3, -0.25) is 0 Å². The second-order valence-electron chi connectivity index (χ2n) is 5.75. The summed E-state index contributed by atoms with van der Waals surface area (Å²) in [6, 6.07) is 0. The van der Waals surface area contributed by atoms with Crippen molar-refractivity contribution in [1.29, 1.82) is 0 Å². The number of imidazole rings is 1. The molecule has 1 aliphatic rings. The number of rotatable bonds is 8. The van der Waals surface area contributed by atoms with Crippen LogP contribution in [0.5, 0.6) is 0 Å². The molecule has 0 bridgehead atoms. The Labute approximate surface area is 122 Å². The van der Waals surface area contributed by atoms with Crippen molar-refractivity contribution < 1.29 is 4.74 Å². The lowest BCUT2D eigenvalue weighted by Gasteiger charge is -2.29. The molecule has 1 saturated heterocycles. The van der Waals surface area contributed by atoms with Crippen LogP contribution in [0.2, 0.25) is 0 Å². The van der Waals surface area contributed by atoms with Crippen LogP contribution in [0.3, 0.4) is 0 Å². The Morgan fingerprint density at radius 3 is 2.95 bits per heavy atom. The summed E-state index contributed by atoms with van der Waals surface area (Å²) in [5, 5.41) is 3.39. The van der Waals surface area contributed by atoms with Crippen LogP contribution in [0.1, 0.15) is 25.7 Å². The lowest BCUT2D eigenvalue weighted by Crippen LogP contribution is -2.30. The van der Waals surface area contributed by atoms with Gasteiger partial charge in [-0.2, -0.15) is 0 Å². The molecule has 0 saturated carbocycles. The fourth-order valence-electron chi connectivity index (χ4n) is 2.75. The number of methoxy groups -OCH3 is 1. The monoisotopic (exact) mass is 280 g/mol. The Morgan fingerprint density at radius 1 is 1.40 bits per heavy atom. The normalized spacial score (nSPS) is 17.5. The number of aryl methyl sites for hydroxylation is 1. The van der Waals surface area contributed by atoms with E-state index in [1.807, 2.05) is 6.20 Å². The number of aromatic nitrogens is 2. The summed E-state index contributed by atoms with van der Waals surface area (Å²) in [4.78, 5) is 6.82. The summed E-state index contributed by atoms with van der Waals surface area (Å²) >= 11 is 0. The van der Waals surface area contributed by atoms with E-state index in [0.29, 0.717) is 0 Å². The minimum atomic E-state index is 0.795. The highest BCUT2D eigenvalue weighted by Gasteiger charge is 2.16. The lowest BCUT2D eigenvalue weighted by atomic mass is 9.94. The highest BCUT2D eigenvalue weighted by atomic mass is 16.5. The summed E-state index contributed by atoms with van der Waals surface area (Å²) in [6.07, 6.45) is 8.90. The van der Waals surface area contributed by atoms with E-state index in [1.165, 1.54) is 32.4 Å². The van der Waals surface area contributed by atoms with Crippen LogP contribution in [0.4, 0.5) is 5.95 Å². The van der Waals surface area contributed by atoms with Gasteiger partial charge in [-0.15, -0.1) is 0 Å². The summed E-state index contributed by atoms with van der Waals surface area (Å²) < 4.78 is 7.30. The third kappa shape index (κ3) is 4.80. The van der Waals surface area contributed by atoms with Gasteiger partial charge >= 0.3 is 0 Å². The molecular weight excluding hydrogens is 252 g/mol. The summed E-state index contributed by atoms with van der Waals surface area (Å²) in [5.41, 5.74) is 0. The number of ether oxygens (including phenoxy) is 1. The van der Waals surface area contributed by atoms with Gasteiger partial charge in [0.15, 0.2) is 0 Å². The Bertz CT molecular complexity index is 372. The zero-order valence-corrected chi connectivity index (χ0v) is 12.8. The van der Waals surface area contributed by atoms with Crippen molar-refractivity contribution >= 4 is 5.95 Å². The van der Waals surface area contributed by atoms with E-state index in [9.17, 15) is 0 Å². The minimum Gasteiger partial charge on any atom is -0.385 e. The van der Waals surface area contributed by atoms with Gasteiger partial charge in [0.05, 0.1) is 0 Å². The van der Waals surface area contributed by atoms with Crippen LogP contribution in [-0.2, 0) is 11.3 Å². The molecule has 20 heavy (non-hydrogen) atoms. The maximum Gasteiger partial charge on any atom is 0.202 e. The van der Waals surface area contributed by atoms with E-state index in [2.05, 4.69) is 33.0 Å². The second-order valence-corrected chi connectivity index (χ2v) is 5.75. The van der Waals surface area contributed by atoms with Crippen molar-refractivity contribution in [3.63, 3.8) is 0 Å². The number of piperidine rings is 1. The Kier molecular flexibility index (Phi) is 6.33. The molecule has 0 aromatic carbocycles. The maximum atomic E-state index is 5.06. The van der Waals surface area contributed by atoms with Gasteiger partial charge in [-0.05, 0) is 51.7 Å². The zero-order valence-electron chi connectivity index (χ0n) is 12.8. The maximum absolute atomic E-state index is 5.06. The first-order valence-electron chi connectivity index (χ1n) is 7.72. The van der Waals surface area contributed by atoms with E-state index in [1.54, 1.807) is 7.11 Å². The Balaban J connectivity index is 1.71. The molecule has 0 spiro atoms. The number of anilines is 1. The van der Waals surface area contributed by atoms with E-state index >= 15 is 0 Å². The fourth-order valence-corrected chi connectivity index (χ4v) is 2.75. The van der Waals surface area contributed by atoms with Gasteiger partial charge in [0.2, 0.25) is 5.95 Å². The van der Waals surface area contributed by atoms with Crippen molar-refractivity contribution in [3.8, 4) is 0 Å². The van der Waals surface area contributed by atoms with Gasteiger partial charge in [0.25, 0.3) is 0 Å². The van der Waals surface area contributed by atoms with Crippen LogP contribution in [0, 0.1) is 5.92 Å². The molecule has 1 N–H and O–H groups in total. The Morgan fingerprint density at radius 2 is 2.20 bits per heavy atom. The molecule has 2 heterocycles. The molecule has 114 valence electrons. The van der Waals surface area contributed by atoms with Crippen LogP contribution in [-0.4, -0.2) is 54.8 Å². The number of hydrogen-bond donors (Lipinski definition) is 1. The minimum absolute atomic E-state index is 0.795. The summed E-state index contributed by atoms with van der Waals surface area (Å²) in [7, 11) is 3.96. The van der Waals surface area contributed by atoms with Crippen LogP contribution in [0.25, 0.3) is 0 Å². The lowest BCUT2D eigenvalue weighted by molar-refractivity contribution is 0.197. The van der Waals surface area contributed by atoms with Crippen molar-refractivity contribution in [2.75, 3.05) is 45.7 Å². The smallest absolute Gasteiger partial charge is 0.202 e. The zero-order chi connectivity index (χ0) is 14.2. The van der Waals surface area contributed by atoms with Crippen molar-refractivity contribution in [1.82, 2.24) is 14.5 Å². The van der Waals surface area contributed by atoms with Gasteiger partial charge in [-0.25, -0.2) is 4.98 Å². The van der Waals surface area contributed by atoms with Gasteiger partial charge in [0, 0.05) is 39.2 Å². The Hall–Kier alpha value is -1.07. The first-order chi connectivity index (χ1) is 9.79. The highest BCUT2D eigenvalue weighted by molar-refractivity contribution is 5.25. The number of nitrogens with zero attached hydrogens (tertiary/aromatic N) is 3. The van der Waals surface area contributed by atoms with E-state index in [0.717, 1.165) is 38.0 Å². The molecule has 2 rings (SSSR count). The van der Waals surface area contributed by atoms with Crippen molar-refractivity contribution in [2.24, 2.45) is 5.92 Å². The third-order valence-corrected chi connectivity index (χ3v) is 4.14. The molecule has 1 aliphatic heterocycles. The molecule has 1 aromatic rings. The summed E-state index contributed by atoms with van der Waals surface area (Å²) in [6.45, 7) is 5.27. The van der Waals surface area contributed by atoms with E-state index in [-0.39, 0.29) is 0 Å². The quantitative estimate of drug-likeness (QED) is 0.740. The van der Waals surface area contributed by atoms with E-state index < -0.39 is 0 Å². The number of hydrogen-bond acceptors (Lipinski definition) is 4. The average molecular weight is 280 g/mol. The molecule has 1 aromatic heterocycles. The molecule has 5 nitrogen and oxygen atoms in total. The SMILES string of the molecule is COCCCNc1nccn1CCC1CCN(C)CC1. The molecule has 0 radical (unpaired) electrons. The molecule has 0 aliphatic carbocycles. The van der Waals surface area contributed by atoms with Crippen LogP contribution >= 0.6 is 0 Å². The van der Waals surface area contributed by atoms with Crippen LogP contribution < -0.4 is 5.32 Å². The molecule has 0 atom stereocenters. The number of likely N-dealkylation sites (tertiary alicyclic amines) is 1. The van der Waals surface area contributed by atoms with Crippen molar-refractivity contribution in [2.45, 2.75) is 32.2 Å². The molecular formula is C15H28N4O. The van der Waals surface area contributed by atoms with Gasteiger partial charge in [0.1, 0.15) is 0 Å². The summed E-state index contributed by atoms with van der Waals surface area (Å²) in [5.74, 6) is 1.86. The first-order valence-corrected chi connectivity index (χ1v) is 7.72. The third-order valence-electron chi connectivity index (χ3n) is 4.14. The second kappa shape index (κ2) is 8.27. The van der Waals surface area contributed by atoms with Gasteiger partial charge < -0.3 is 19.5 Å². The fraction of sp³-hybridized carbons (Fsp3) is 0.800. The van der Waals surface area contributed by atoms with Crippen molar-refractivity contribution in [3.05, 3.63) is 12.4 Å². The number of nitrogens with one attached hydrogen (secondary N) is 1. The highest BCUT2D eigenvalue weighted by Crippen LogP contribution is 2.20. The predicted molar refractivity (Wildman–Crippen MR) is 82.0 cm³/mol. The van der Waals surface area contributed by atoms with E-state index in [4.69, 9.17) is 4.74 Å².